The van der Waals surface area contributed by atoms with Crippen molar-refractivity contribution in [3.8, 4) is 0 Å². The average molecular weight is 287 g/mol. The van der Waals surface area contributed by atoms with Crippen LogP contribution in [0.1, 0.15) is 66.4 Å². The minimum atomic E-state index is 1.20. The Kier molecular flexibility index (Phi) is 17.1. The molecule has 0 aliphatic heterocycles. The molecule has 0 unspecified atom stereocenters. The molecule has 0 saturated heterocycles. The second kappa shape index (κ2) is 16.5. The Morgan fingerprint density at radius 2 is 1.14 bits per heavy atom. The molecule has 118 valence electrons. The van der Waals surface area contributed by atoms with Crippen molar-refractivity contribution in [3.05, 3.63) is 54.6 Å². The van der Waals surface area contributed by atoms with Crippen molar-refractivity contribution in [1.82, 2.24) is 0 Å². The molecule has 0 N–H and O–H groups in total. The smallest absolute Gasteiger partial charge is 0.0112 e. The third kappa shape index (κ3) is 10.8. The van der Waals surface area contributed by atoms with Crippen molar-refractivity contribution in [3.63, 3.8) is 0 Å². The molecule has 0 nitrogen and oxygen atoms in total. The van der Waals surface area contributed by atoms with Crippen molar-refractivity contribution in [2.45, 2.75) is 60.8 Å². The minimum Gasteiger partial charge on any atom is -0.0984 e. The van der Waals surface area contributed by atoms with E-state index in [1.807, 2.05) is 6.08 Å². The van der Waals surface area contributed by atoms with Crippen molar-refractivity contribution in [2.75, 3.05) is 0 Å². The van der Waals surface area contributed by atoms with Crippen LogP contribution in [0.25, 0.3) is 16.8 Å². The zero-order valence-corrected chi connectivity index (χ0v) is 14.9. The van der Waals surface area contributed by atoms with Crippen LogP contribution >= 0.6 is 0 Å². The Morgan fingerprint density at radius 3 is 1.62 bits per heavy atom. The summed E-state index contributed by atoms with van der Waals surface area (Å²) in [5, 5.41) is 2.55. The Hall–Kier alpha value is -1.56. The number of rotatable bonds is 1. The highest BCUT2D eigenvalue weighted by molar-refractivity contribution is 5.90. The standard InChI is InChI=1S/C12H10.3C3H8/c1-2-10-7-5-8-11-6-3-4-9-12(10)11;3*1-3-2/h2-9H,1H2;3*3H2,1-2H3. The van der Waals surface area contributed by atoms with E-state index in [9.17, 15) is 0 Å². The highest BCUT2D eigenvalue weighted by atomic mass is 14.0. The fraction of sp³-hybridized carbons (Fsp3) is 0.429. The molecular weight excluding hydrogens is 252 g/mol. The SMILES string of the molecule is C=Cc1cccc2ccccc12.CCC.CCC.CCC. The van der Waals surface area contributed by atoms with E-state index in [1.165, 1.54) is 35.6 Å². The molecular formula is C21H34. The van der Waals surface area contributed by atoms with E-state index in [-0.39, 0.29) is 0 Å². The molecule has 0 radical (unpaired) electrons. The molecule has 0 aliphatic carbocycles. The van der Waals surface area contributed by atoms with Gasteiger partial charge in [0.1, 0.15) is 0 Å². The molecule has 0 saturated carbocycles. The van der Waals surface area contributed by atoms with Gasteiger partial charge in [0.05, 0.1) is 0 Å². The van der Waals surface area contributed by atoms with Crippen LogP contribution in [0.2, 0.25) is 0 Å². The van der Waals surface area contributed by atoms with E-state index in [2.05, 4.69) is 90.6 Å². The van der Waals surface area contributed by atoms with Gasteiger partial charge in [-0.3, -0.25) is 0 Å². The van der Waals surface area contributed by atoms with Gasteiger partial charge < -0.3 is 0 Å². The topological polar surface area (TPSA) is 0 Å². The zero-order chi connectivity index (χ0) is 16.5. The molecule has 0 spiro atoms. The van der Waals surface area contributed by atoms with E-state index in [1.54, 1.807) is 0 Å². The third-order valence-corrected chi connectivity index (χ3v) is 2.04. The van der Waals surface area contributed by atoms with Crippen LogP contribution in [0, 0.1) is 0 Å². The Bertz CT molecular complexity index is 444. The van der Waals surface area contributed by atoms with Crippen molar-refractivity contribution >= 4 is 16.8 Å². The summed E-state index contributed by atoms with van der Waals surface area (Å²) in [6.45, 7) is 16.5. The van der Waals surface area contributed by atoms with Crippen molar-refractivity contribution in [1.29, 1.82) is 0 Å². The molecule has 2 aromatic carbocycles. The van der Waals surface area contributed by atoms with E-state index in [4.69, 9.17) is 0 Å². The van der Waals surface area contributed by atoms with Crippen LogP contribution in [0.5, 0.6) is 0 Å². The lowest BCUT2D eigenvalue weighted by Gasteiger charge is -1.99. The molecule has 0 atom stereocenters. The van der Waals surface area contributed by atoms with Crippen LogP contribution in [0.15, 0.2) is 49.0 Å². The Labute approximate surface area is 132 Å². The minimum absolute atomic E-state index is 1.20. The fourth-order valence-corrected chi connectivity index (χ4v) is 1.43. The van der Waals surface area contributed by atoms with Gasteiger partial charge >= 0.3 is 0 Å². The third-order valence-electron chi connectivity index (χ3n) is 2.04. The van der Waals surface area contributed by atoms with Crippen molar-refractivity contribution < 1.29 is 0 Å². The molecule has 0 fully saturated rings. The molecule has 0 heteroatoms. The largest absolute Gasteiger partial charge is 0.0984 e. The molecule has 0 amide bonds. The summed E-state index contributed by atoms with van der Waals surface area (Å²) in [5.74, 6) is 0. The van der Waals surface area contributed by atoms with Gasteiger partial charge in [0, 0.05) is 0 Å². The van der Waals surface area contributed by atoms with E-state index < -0.39 is 0 Å². The molecule has 0 bridgehead atoms. The van der Waals surface area contributed by atoms with Crippen LogP contribution in [0.4, 0.5) is 0 Å². The first-order valence-electron chi connectivity index (χ1n) is 8.26. The lowest BCUT2D eigenvalue weighted by molar-refractivity contribution is 1.09. The molecule has 0 heterocycles. The molecule has 2 rings (SSSR count). The zero-order valence-electron chi connectivity index (χ0n) is 14.9. The van der Waals surface area contributed by atoms with Crippen LogP contribution in [0.3, 0.4) is 0 Å². The maximum Gasteiger partial charge on any atom is -0.0112 e. The number of hydrogen-bond donors (Lipinski definition) is 0. The van der Waals surface area contributed by atoms with Gasteiger partial charge in [-0.2, -0.15) is 0 Å². The second-order valence-electron chi connectivity index (χ2n) is 4.89. The summed E-state index contributed by atoms with van der Waals surface area (Å²) in [5.41, 5.74) is 1.20. The summed E-state index contributed by atoms with van der Waals surface area (Å²) < 4.78 is 0. The number of hydrogen-bond acceptors (Lipinski definition) is 0. The number of benzene rings is 2. The highest BCUT2D eigenvalue weighted by Gasteiger charge is 1.93. The van der Waals surface area contributed by atoms with Gasteiger partial charge in [-0.25, -0.2) is 0 Å². The van der Waals surface area contributed by atoms with E-state index >= 15 is 0 Å². The van der Waals surface area contributed by atoms with E-state index in [0.717, 1.165) is 0 Å². The summed E-state index contributed by atoms with van der Waals surface area (Å²) in [6, 6.07) is 14.6. The maximum absolute atomic E-state index is 3.78. The van der Waals surface area contributed by atoms with Gasteiger partial charge in [-0.05, 0) is 16.3 Å². The Balaban J connectivity index is 0. The van der Waals surface area contributed by atoms with Crippen LogP contribution < -0.4 is 0 Å². The first kappa shape index (κ1) is 21.7. The van der Waals surface area contributed by atoms with Gasteiger partial charge in [-0.1, -0.05) is 116 Å². The van der Waals surface area contributed by atoms with Crippen molar-refractivity contribution in [2.24, 2.45) is 0 Å². The number of fused-ring (bicyclic) bond motifs is 1. The first-order chi connectivity index (χ1) is 10.2. The van der Waals surface area contributed by atoms with Gasteiger partial charge in [-0.15, -0.1) is 0 Å². The molecule has 0 aromatic heterocycles. The summed E-state index contributed by atoms with van der Waals surface area (Å²) in [7, 11) is 0. The lowest BCUT2D eigenvalue weighted by atomic mass is 10.1. The summed E-state index contributed by atoms with van der Waals surface area (Å²) in [6.07, 6.45) is 5.64. The normalized spacial score (nSPS) is 8.29. The second-order valence-corrected chi connectivity index (χ2v) is 4.89. The predicted octanol–water partition coefficient (Wildman–Crippen LogP) is 7.73. The maximum atomic E-state index is 3.78. The molecule has 21 heavy (non-hydrogen) atoms. The summed E-state index contributed by atoms with van der Waals surface area (Å²) >= 11 is 0. The lowest BCUT2D eigenvalue weighted by Crippen LogP contribution is -1.75. The van der Waals surface area contributed by atoms with E-state index in [0.29, 0.717) is 0 Å². The van der Waals surface area contributed by atoms with Gasteiger partial charge in [0.2, 0.25) is 0 Å². The molecule has 2 aromatic rings. The van der Waals surface area contributed by atoms with Crippen LogP contribution in [-0.2, 0) is 0 Å². The van der Waals surface area contributed by atoms with Crippen LogP contribution in [-0.4, -0.2) is 0 Å². The summed E-state index contributed by atoms with van der Waals surface area (Å²) in [4.78, 5) is 0. The highest BCUT2D eigenvalue weighted by Crippen LogP contribution is 2.18. The predicted molar refractivity (Wildman–Crippen MR) is 102 cm³/mol. The average Bonchev–Trinajstić information content (AvgIpc) is 2.49. The molecule has 0 aliphatic rings. The first-order valence-corrected chi connectivity index (χ1v) is 8.26. The van der Waals surface area contributed by atoms with Gasteiger partial charge in [0.25, 0.3) is 0 Å². The quantitative estimate of drug-likeness (QED) is 0.503. The monoisotopic (exact) mass is 286 g/mol. The van der Waals surface area contributed by atoms with Gasteiger partial charge in [0.15, 0.2) is 0 Å². The fourth-order valence-electron chi connectivity index (χ4n) is 1.43. The Morgan fingerprint density at radius 1 is 0.714 bits per heavy atom.